The molecule has 0 amide bonds. The van der Waals surface area contributed by atoms with Crippen LogP contribution in [0.2, 0.25) is 0 Å². The highest BCUT2D eigenvalue weighted by Crippen LogP contribution is 2.36. The van der Waals surface area contributed by atoms with Crippen molar-refractivity contribution in [1.82, 2.24) is 0 Å². The Morgan fingerprint density at radius 1 is 0.792 bits per heavy atom. The molecule has 5 atom stereocenters. The molecule has 0 unspecified atom stereocenters. The zero-order chi connectivity index (χ0) is 39.2. The Labute approximate surface area is 319 Å². The van der Waals surface area contributed by atoms with Crippen molar-refractivity contribution in [1.29, 1.82) is 0 Å². The van der Waals surface area contributed by atoms with E-state index < -0.39 is 50.6 Å². The fraction of sp³-hybridized carbons (Fsp3) is 0.780. The van der Waals surface area contributed by atoms with Gasteiger partial charge in [-0.15, -0.1) is 0 Å². The first-order chi connectivity index (χ1) is 25.5. The topological polar surface area (TPSA) is 177 Å². The lowest BCUT2D eigenvalue weighted by atomic mass is 9.88. The molecule has 0 bridgehead atoms. The first-order valence-corrected chi connectivity index (χ1v) is 21.9. The van der Waals surface area contributed by atoms with E-state index in [0.29, 0.717) is 25.7 Å². The van der Waals surface area contributed by atoms with Gasteiger partial charge in [0.05, 0.1) is 18.8 Å². The number of aliphatic hydroxyl groups is 2. The summed E-state index contributed by atoms with van der Waals surface area (Å²) >= 11 is 0. The summed E-state index contributed by atoms with van der Waals surface area (Å²) in [5.74, 6) is -1.63. The van der Waals surface area contributed by atoms with Gasteiger partial charge in [0.25, 0.3) is 0 Å². The summed E-state index contributed by atoms with van der Waals surface area (Å²) < 4.78 is 26.3. The molecular formula is C41H71O11P. The van der Waals surface area contributed by atoms with Gasteiger partial charge in [0, 0.05) is 25.2 Å². The van der Waals surface area contributed by atoms with E-state index in [1.165, 1.54) is 19.3 Å². The number of phosphoric ester groups is 1. The van der Waals surface area contributed by atoms with Crippen molar-refractivity contribution in [3.8, 4) is 0 Å². The van der Waals surface area contributed by atoms with Gasteiger partial charge in [-0.3, -0.25) is 18.9 Å². The molecule has 1 aliphatic rings. The Bertz CT molecular complexity index is 1120. The van der Waals surface area contributed by atoms with Crippen LogP contribution >= 0.6 is 7.82 Å². The number of carbonyl (C=O) groups excluding carboxylic acids is 3. The molecule has 4 N–H and O–H groups in total. The second kappa shape index (κ2) is 31.1. The number of allylic oxidation sites excluding steroid dienone is 5. The second-order valence-electron chi connectivity index (χ2n) is 14.4. The van der Waals surface area contributed by atoms with Crippen LogP contribution in [0.3, 0.4) is 0 Å². The maximum atomic E-state index is 12.5. The summed E-state index contributed by atoms with van der Waals surface area (Å²) in [6, 6.07) is 0. The lowest BCUT2D eigenvalue weighted by Crippen LogP contribution is -2.29. The highest BCUT2D eigenvalue weighted by molar-refractivity contribution is 7.46. The third-order valence-corrected chi connectivity index (χ3v) is 10.0. The largest absolute Gasteiger partial charge is 0.469 e. The molecule has 0 spiro atoms. The number of carbonyl (C=O) groups is 3. The number of phosphoric acid groups is 1. The number of ether oxygens (including phenoxy) is 2. The summed E-state index contributed by atoms with van der Waals surface area (Å²) in [5.41, 5.74) is 0. The van der Waals surface area contributed by atoms with Crippen LogP contribution in [0.5, 0.6) is 0 Å². The van der Waals surface area contributed by atoms with Crippen LogP contribution < -0.4 is 0 Å². The minimum atomic E-state index is -4.82. The van der Waals surface area contributed by atoms with Crippen LogP contribution in [-0.4, -0.2) is 69.2 Å². The first-order valence-electron chi connectivity index (χ1n) is 20.4. The number of esters is 2. The molecule has 12 heteroatoms. The molecule has 11 nitrogen and oxygen atoms in total. The van der Waals surface area contributed by atoms with Crippen LogP contribution in [0, 0.1) is 11.8 Å². The molecule has 0 aromatic rings. The van der Waals surface area contributed by atoms with E-state index >= 15 is 0 Å². The summed E-state index contributed by atoms with van der Waals surface area (Å²) in [4.78, 5) is 55.5. The molecule has 0 saturated heterocycles. The van der Waals surface area contributed by atoms with E-state index in [0.717, 1.165) is 83.5 Å². The van der Waals surface area contributed by atoms with Crippen molar-refractivity contribution < 1.29 is 52.9 Å². The van der Waals surface area contributed by atoms with Crippen LogP contribution in [0.1, 0.15) is 162 Å². The SMILES string of the molecule is CCCCC/C=C\C/C=C\CCCCCCCC(=O)O[C@H](COC(=O)CCCCCC[C@H]1[C@@H](O)CC(=O)[C@@H]1/C=C/[C@@H](O)CCCCC)COP(=O)(O)O. The average molecular weight is 771 g/mol. The van der Waals surface area contributed by atoms with Gasteiger partial charge >= 0.3 is 19.8 Å². The van der Waals surface area contributed by atoms with E-state index in [1.807, 2.05) is 0 Å². The molecule has 0 heterocycles. The van der Waals surface area contributed by atoms with E-state index in [4.69, 9.17) is 19.3 Å². The van der Waals surface area contributed by atoms with Gasteiger partial charge in [-0.25, -0.2) is 4.57 Å². The second-order valence-corrected chi connectivity index (χ2v) is 15.6. The number of ketones is 1. The Balaban J connectivity index is 2.29. The Hall–Kier alpha value is -2.14. The lowest BCUT2D eigenvalue weighted by Gasteiger charge is -2.19. The molecular weight excluding hydrogens is 699 g/mol. The van der Waals surface area contributed by atoms with Crippen molar-refractivity contribution in [3.05, 3.63) is 36.5 Å². The monoisotopic (exact) mass is 770 g/mol. The first kappa shape index (κ1) is 48.9. The third kappa shape index (κ3) is 27.1. The summed E-state index contributed by atoms with van der Waals surface area (Å²) in [6.07, 6.45) is 29.1. The third-order valence-electron chi connectivity index (χ3n) is 9.54. The van der Waals surface area contributed by atoms with E-state index in [1.54, 1.807) is 12.2 Å². The molecule has 0 aromatic carbocycles. The fourth-order valence-electron chi connectivity index (χ4n) is 6.42. The molecule has 306 valence electrons. The normalized spacial score (nSPS) is 19.1. The van der Waals surface area contributed by atoms with Crippen LogP contribution in [0.4, 0.5) is 0 Å². The standard InChI is InChI=1S/C41H71O11P/c1-3-5-7-8-9-10-11-12-13-14-15-16-17-18-24-28-41(46)52-35(33-51-53(47,48)49)32-50-40(45)27-23-20-19-22-26-36-37(39(44)31-38(36)43)30-29-34(42)25-21-6-4-2/h9-10,12-13,29-30,34-38,42-43H,3-8,11,14-28,31-33H2,1-2H3,(H2,47,48,49)/b10-9-,13-12-,30-29+/t34-,35+,36+,37+,38-/m0/s1. The van der Waals surface area contributed by atoms with Crippen molar-refractivity contribution in [2.24, 2.45) is 11.8 Å². The quantitative estimate of drug-likeness (QED) is 0.0217. The predicted octanol–water partition coefficient (Wildman–Crippen LogP) is 8.77. The summed E-state index contributed by atoms with van der Waals surface area (Å²) in [5, 5.41) is 20.7. The molecule has 1 fully saturated rings. The minimum absolute atomic E-state index is 0.000967. The maximum Gasteiger partial charge on any atom is 0.469 e. The van der Waals surface area contributed by atoms with Crippen molar-refractivity contribution in [3.63, 3.8) is 0 Å². The number of unbranched alkanes of at least 4 members (excludes halogenated alkanes) is 13. The molecule has 1 aliphatic carbocycles. The highest BCUT2D eigenvalue weighted by Gasteiger charge is 2.39. The van der Waals surface area contributed by atoms with Crippen LogP contribution in [-0.2, 0) is 32.9 Å². The van der Waals surface area contributed by atoms with E-state index in [-0.39, 0.29) is 37.6 Å². The van der Waals surface area contributed by atoms with E-state index in [9.17, 15) is 29.2 Å². The molecule has 0 aromatic heterocycles. The molecule has 1 rings (SSSR count). The molecule has 53 heavy (non-hydrogen) atoms. The molecule has 1 saturated carbocycles. The zero-order valence-electron chi connectivity index (χ0n) is 32.6. The summed E-state index contributed by atoms with van der Waals surface area (Å²) in [6.45, 7) is 3.34. The van der Waals surface area contributed by atoms with Gasteiger partial charge in [-0.1, -0.05) is 121 Å². The van der Waals surface area contributed by atoms with Gasteiger partial charge in [-0.05, 0) is 63.7 Å². The van der Waals surface area contributed by atoms with Gasteiger partial charge < -0.3 is 29.5 Å². The Morgan fingerprint density at radius 3 is 2.04 bits per heavy atom. The molecule has 0 radical (unpaired) electrons. The highest BCUT2D eigenvalue weighted by atomic mass is 31.2. The van der Waals surface area contributed by atoms with Gasteiger partial charge in [0.1, 0.15) is 12.4 Å². The Kier molecular flexibility index (Phi) is 28.7. The van der Waals surface area contributed by atoms with Gasteiger partial charge in [-0.2, -0.15) is 0 Å². The maximum absolute atomic E-state index is 12.5. The fourth-order valence-corrected chi connectivity index (χ4v) is 6.78. The minimum Gasteiger partial charge on any atom is -0.462 e. The van der Waals surface area contributed by atoms with Gasteiger partial charge in [0.15, 0.2) is 6.10 Å². The number of Topliss-reactive ketones (excluding diaryl/α,β-unsaturated/α-hetero) is 1. The van der Waals surface area contributed by atoms with Crippen LogP contribution in [0.15, 0.2) is 36.5 Å². The number of rotatable bonds is 33. The van der Waals surface area contributed by atoms with Crippen molar-refractivity contribution in [2.75, 3.05) is 13.2 Å². The van der Waals surface area contributed by atoms with Crippen molar-refractivity contribution in [2.45, 2.75) is 180 Å². The number of aliphatic hydroxyl groups excluding tert-OH is 2. The number of hydrogen-bond donors (Lipinski definition) is 4. The van der Waals surface area contributed by atoms with Crippen molar-refractivity contribution >= 4 is 25.5 Å². The van der Waals surface area contributed by atoms with Crippen LogP contribution in [0.25, 0.3) is 0 Å². The predicted molar refractivity (Wildman–Crippen MR) is 208 cm³/mol. The zero-order valence-corrected chi connectivity index (χ0v) is 33.5. The number of hydrogen-bond acceptors (Lipinski definition) is 9. The smallest absolute Gasteiger partial charge is 0.462 e. The van der Waals surface area contributed by atoms with Gasteiger partial charge in [0.2, 0.25) is 0 Å². The lowest BCUT2D eigenvalue weighted by molar-refractivity contribution is -0.161. The summed E-state index contributed by atoms with van der Waals surface area (Å²) in [7, 11) is -4.82. The Morgan fingerprint density at radius 2 is 1.38 bits per heavy atom. The van der Waals surface area contributed by atoms with E-state index in [2.05, 4.69) is 42.7 Å². The molecule has 0 aliphatic heterocycles. The average Bonchev–Trinajstić information content (AvgIpc) is 3.38.